The van der Waals surface area contributed by atoms with Gasteiger partial charge in [-0.25, -0.2) is 14.8 Å². The molecular weight excluding hydrogens is 290 g/mol. The highest BCUT2D eigenvalue weighted by atomic mass is 32.1. The topological polar surface area (TPSA) is 78.4 Å². The molecule has 0 radical (unpaired) electrons. The number of hydrogen-bond acceptors (Lipinski definition) is 6. The molecule has 0 saturated carbocycles. The van der Waals surface area contributed by atoms with Crippen LogP contribution in [-0.2, 0) is 11.3 Å². The van der Waals surface area contributed by atoms with E-state index in [1.165, 1.54) is 21.1 Å². The molecule has 7 nitrogen and oxygen atoms in total. The predicted molar refractivity (Wildman–Crippen MR) is 80.2 cm³/mol. The minimum absolute atomic E-state index is 0.105. The van der Waals surface area contributed by atoms with Gasteiger partial charge in [0, 0.05) is 13.6 Å². The van der Waals surface area contributed by atoms with E-state index >= 15 is 0 Å². The van der Waals surface area contributed by atoms with Gasteiger partial charge < -0.3 is 10.2 Å². The lowest BCUT2D eigenvalue weighted by Gasteiger charge is -2.14. The quantitative estimate of drug-likeness (QED) is 0.866. The number of fused-ring (bicyclic) bond motifs is 1. The summed E-state index contributed by atoms with van der Waals surface area (Å²) in [5.41, 5.74) is 0. The summed E-state index contributed by atoms with van der Waals surface area (Å²) < 4.78 is 0. The summed E-state index contributed by atoms with van der Waals surface area (Å²) in [5.74, 6) is 0.992. The first-order chi connectivity index (χ1) is 10.1. The van der Waals surface area contributed by atoms with E-state index in [0.29, 0.717) is 5.82 Å². The standard InChI is InChI=1S/C13H15N5O2S/c1-3-14-11-8-4-5-21-12(8)16-9(15-11)6-18-10(19)7-17(2)13(18)20/h4-5H,3,6-7H2,1-2H3,(H,14,15,16). The Bertz CT molecular complexity index is 714. The van der Waals surface area contributed by atoms with Crippen molar-refractivity contribution in [1.29, 1.82) is 0 Å². The minimum Gasteiger partial charge on any atom is -0.370 e. The maximum Gasteiger partial charge on any atom is 0.327 e. The SMILES string of the molecule is CCNc1nc(CN2C(=O)CN(C)C2=O)nc2sccc12. The molecule has 1 N–H and O–H groups in total. The lowest BCUT2D eigenvalue weighted by Crippen LogP contribution is -2.31. The van der Waals surface area contributed by atoms with Crippen LogP contribution in [0.1, 0.15) is 12.7 Å². The molecule has 1 aliphatic rings. The molecule has 0 aliphatic carbocycles. The number of nitrogens with one attached hydrogen (secondary N) is 1. The highest BCUT2D eigenvalue weighted by molar-refractivity contribution is 7.16. The lowest BCUT2D eigenvalue weighted by molar-refractivity contribution is -0.125. The second-order valence-electron chi connectivity index (χ2n) is 4.78. The maximum atomic E-state index is 11.9. The van der Waals surface area contributed by atoms with Crippen molar-refractivity contribution in [2.45, 2.75) is 13.5 Å². The number of nitrogens with zero attached hydrogens (tertiary/aromatic N) is 4. The molecule has 0 unspecified atom stereocenters. The number of urea groups is 1. The Morgan fingerprint density at radius 3 is 2.86 bits per heavy atom. The fourth-order valence-corrected chi connectivity index (χ4v) is 3.02. The molecule has 1 fully saturated rings. The third kappa shape index (κ3) is 2.42. The zero-order valence-electron chi connectivity index (χ0n) is 11.8. The van der Waals surface area contributed by atoms with E-state index in [0.717, 1.165) is 22.6 Å². The van der Waals surface area contributed by atoms with E-state index in [9.17, 15) is 9.59 Å². The Kier molecular flexibility index (Phi) is 3.46. The van der Waals surface area contributed by atoms with Crippen LogP contribution < -0.4 is 5.32 Å². The average Bonchev–Trinajstić information content (AvgIpc) is 3.00. The second kappa shape index (κ2) is 5.28. The molecule has 0 aromatic carbocycles. The van der Waals surface area contributed by atoms with Gasteiger partial charge in [0.05, 0.1) is 11.9 Å². The summed E-state index contributed by atoms with van der Waals surface area (Å²) >= 11 is 1.51. The van der Waals surface area contributed by atoms with Crippen molar-refractivity contribution in [3.63, 3.8) is 0 Å². The monoisotopic (exact) mass is 305 g/mol. The number of rotatable bonds is 4. The van der Waals surface area contributed by atoms with E-state index in [4.69, 9.17) is 0 Å². The molecule has 0 spiro atoms. The van der Waals surface area contributed by atoms with Crippen LogP contribution in [0.2, 0.25) is 0 Å². The van der Waals surface area contributed by atoms with Crippen LogP contribution >= 0.6 is 11.3 Å². The Labute approximate surface area is 125 Å². The van der Waals surface area contributed by atoms with E-state index in [-0.39, 0.29) is 25.0 Å². The molecule has 3 heterocycles. The number of carbonyl (C=O) groups is 2. The molecular formula is C13H15N5O2S. The Hall–Kier alpha value is -2.22. The highest BCUT2D eigenvalue weighted by Gasteiger charge is 2.34. The van der Waals surface area contributed by atoms with Gasteiger partial charge in [0.25, 0.3) is 5.91 Å². The van der Waals surface area contributed by atoms with Crippen LogP contribution in [0.3, 0.4) is 0 Å². The molecule has 2 aromatic heterocycles. The van der Waals surface area contributed by atoms with E-state index in [1.54, 1.807) is 7.05 Å². The molecule has 0 atom stereocenters. The molecule has 1 aliphatic heterocycles. The van der Waals surface area contributed by atoms with Gasteiger partial charge in [-0.1, -0.05) is 0 Å². The number of thiophene rings is 1. The first-order valence-corrected chi connectivity index (χ1v) is 7.51. The minimum atomic E-state index is -0.306. The summed E-state index contributed by atoms with van der Waals surface area (Å²) in [7, 11) is 1.60. The van der Waals surface area contributed by atoms with Crippen molar-refractivity contribution >= 4 is 39.3 Å². The number of carbonyl (C=O) groups excluding carboxylic acids is 2. The van der Waals surface area contributed by atoms with E-state index in [1.807, 2.05) is 18.4 Å². The van der Waals surface area contributed by atoms with Crippen molar-refractivity contribution in [3.05, 3.63) is 17.3 Å². The van der Waals surface area contributed by atoms with Gasteiger partial charge in [-0.05, 0) is 18.4 Å². The fraction of sp³-hybridized carbons (Fsp3) is 0.385. The van der Waals surface area contributed by atoms with Gasteiger partial charge >= 0.3 is 6.03 Å². The van der Waals surface area contributed by atoms with E-state index in [2.05, 4.69) is 15.3 Å². The first kappa shape index (κ1) is 13.7. The second-order valence-corrected chi connectivity index (χ2v) is 5.67. The normalized spacial score (nSPS) is 15.3. The van der Waals surface area contributed by atoms with Gasteiger partial charge in [0.1, 0.15) is 17.2 Å². The zero-order valence-corrected chi connectivity index (χ0v) is 12.6. The summed E-state index contributed by atoms with van der Waals surface area (Å²) in [6.07, 6.45) is 0. The Morgan fingerprint density at radius 1 is 1.38 bits per heavy atom. The van der Waals surface area contributed by atoms with Crippen LogP contribution in [0.25, 0.3) is 10.2 Å². The van der Waals surface area contributed by atoms with Gasteiger partial charge in [0.15, 0.2) is 5.82 Å². The van der Waals surface area contributed by atoms with Crippen LogP contribution in [0, 0.1) is 0 Å². The number of hydrogen-bond donors (Lipinski definition) is 1. The Balaban J connectivity index is 1.93. The summed E-state index contributed by atoms with van der Waals surface area (Å²) in [6, 6.07) is 1.65. The number of anilines is 1. The highest BCUT2D eigenvalue weighted by Crippen LogP contribution is 2.25. The molecule has 3 amide bonds. The largest absolute Gasteiger partial charge is 0.370 e. The van der Waals surface area contributed by atoms with Crippen LogP contribution in [0.4, 0.5) is 10.6 Å². The van der Waals surface area contributed by atoms with Gasteiger partial charge in [0.2, 0.25) is 0 Å². The van der Waals surface area contributed by atoms with Crippen molar-refractivity contribution in [2.75, 3.05) is 25.5 Å². The lowest BCUT2D eigenvalue weighted by atomic mass is 10.3. The maximum absolute atomic E-state index is 11.9. The van der Waals surface area contributed by atoms with E-state index < -0.39 is 0 Å². The number of imide groups is 1. The van der Waals surface area contributed by atoms with Gasteiger partial charge in [-0.2, -0.15) is 0 Å². The number of likely N-dealkylation sites (N-methyl/N-ethyl adjacent to an activating group) is 1. The van der Waals surface area contributed by atoms with Crippen molar-refractivity contribution < 1.29 is 9.59 Å². The third-order valence-corrected chi connectivity index (χ3v) is 4.05. The molecule has 8 heteroatoms. The molecule has 110 valence electrons. The zero-order chi connectivity index (χ0) is 15.0. The van der Waals surface area contributed by atoms with Crippen molar-refractivity contribution in [3.8, 4) is 0 Å². The summed E-state index contributed by atoms with van der Waals surface area (Å²) in [6.45, 7) is 2.95. The molecule has 21 heavy (non-hydrogen) atoms. The van der Waals surface area contributed by atoms with Gasteiger partial charge in [-0.15, -0.1) is 11.3 Å². The number of aromatic nitrogens is 2. The third-order valence-electron chi connectivity index (χ3n) is 3.25. The first-order valence-electron chi connectivity index (χ1n) is 6.63. The van der Waals surface area contributed by atoms with Crippen LogP contribution in [-0.4, -0.2) is 51.8 Å². The molecule has 3 rings (SSSR count). The predicted octanol–water partition coefficient (Wildman–Crippen LogP) is 1.52. The van der Waals surface area contributed by atoms with Crippen molar-refractivity contribution in [2.24, 2.45) is 0 Å². The molecule has 0 bridgehead atoms. The fourth-order valence-electron chi connectivity index (χ4n) is 2.24. The smallest absolute Gasteiger partial charge is 0.327 e. The van der Waals surface area contributed by atoms with Crippen molar-refractivity contribution in [1.82, 2.24) is 19.8 Å². The summed E-state index contributed by atoms with van der Waals surface area (Å²) in [5, 5.41) is 6.10. The Morgan fingerprint density at radius 2 is 2.19 bits per heavy atom. The van der Waals surface area contributed by atoms with Gasteiger partial charge in [-0.3, -0.25) is 9.69 Å². The molecule has 1 saturated heterocycles. The number of amides is 3. The van der Waals surface area contributed by atoms with Crippen LogP contribution in [0.5, 0.6) is 0 Å². The molecule has 2 aromatic rings. The van der Waals surface area contributed by atoms with Crippen LogP contribution in [0.15, 0.2) is 11.4 Å². The summed E-state index contributed by atoms with van der Waals surface area (Å²) in [4.78, 5) is 36.0. The average molecular weight is 305 g/mol.